The summed E-state index contributed by atoms with van der Waals surface area (Å²) in [5.41, 5.74) is 0.895. The Kier molecular flexibility index (Phi) is 5.88. The number of halogens is 1. The van der Waals surface area contributed by atoms with E-state index in [0.717, 1.165) is 11.3 Å². The fourth-order valence-corrected chi connectivity index (χ4v) is 1.72. The second-order valence-electron chi connectivity index (χ2n) is 3.60. The standard InChI is InChI=1S/C13H15BrO4/c1-17-10-5-3-9(4-6-10)7-11(14)12(15)8-13(16)18-2/h3-7,12,15H,8H2,1-2H3/b11-7-. The zero-order chi connectivity index (χ0) is 13.5. The van der Waals surface area contributed by atoms with Crippen LogP contribution in [0.15, 0.2) is 28.7 Å². The molecule has 0 aliphatic rings. The zero-order valence-corrected chi connectivity index (χ0v) is 11.8. The van der Waals surface area contributed by atoms with Crippen molar-refractivity contribution in [3.05, 3.63) is 34.3 Å². The van der Waals surface area contributed by atoms with Gasteiger partial charge in [0.05, 0.1) is 26.7 Å². The van der Waals surface area contributed by atoms with Crippen molar-refractivity contribution in [3.63, 3.8) is 0 Å². The quantitative estimate of drug-likeness (QED) is 0.848. The van der Waals surface area contributed by atoms with Crippen LogP contribution in [0.25, 0.3) is 6.08 Å². The summed E-state index contributed by atoms with van der Waals surface area (Å²) in [6, 6.07) is 7.34. The molecule has 0 bridgehead atoms. The number of hydrogen-bond donors (Lipinski definition) is 1. The number of hydrogen-bond acceptors (Lipinski definition) is 4. The summed E-state index contributed by atoms with van der Waals surface area (Å²) in [6.45, 7) is 0. The topological polar surface area (TPSA) is 55.8 Å². The molecule has 98 valence electrons. The summed E-state index contributed by atoms with van der Waals surface area (Å²) in [6.07, 6.45) is 0.760. The maximum absolute atomic E-state index is 11.0. The van der Waals surface area contributed by atoms with E-state index in [2.05, 4.69) is 20.7 Å². The lowest BCUT2D eigenvalue weighted by atomic mass is 10.1. The summed E-state index contributed by atoms with van der Waals surface area (Å²) < 4.78 is 10.1. The largest absolute Gasteiger partial charge is 0.497 e. The van der Waals surface area contributed by atoms with E-state index in [4.69, 9.17) is 4.74 Å². The van der Waals surface area contributed by atoms with Crippen molar-refractivity contribution in [1.82, 2.24) is 0 Å². The van der Waals surface area contributed by atoms with Gasteiger partial charge in [0.1, 0.15) is 5.75 Å². The molecule has 0 amide bonds. The molecular weight excluding hydrogens is 300 g/mol. The van der Waals surface area contributed by atoms with Gasteiger partial charge in [0.15, 0.2) is 0 Å². The lowest BCUT2D eigenvalue weighted by molar-refractivity contribution is -0.142. The Morgan fingerprint density at radius 3 is 2.50 bits per heavy atom. The van der Waals surface area contributed by atoms with Crippen molar-refractivity contribution in [2.24, 2.45) is 0 Å². The molecule has 1 rings (SSSR count). The van der Waals surface area contributed by atoms with Crippen molar-refractivity contribution in [2.75, 3.05) is 14.2 Å². The average Bonchev–Trinajstić information content (AvgIpc) is 2.39. The predicted octanol–water partition coefficient (Wildman–Crippen LogP) is 2.36. The highest BCUT2D eigenvalue weighted by Crippen LogP contribution is 2.20. The average molecular weight is 315 g/mol. The van der Waals surface area contributed by atoms with Crippen molar-refractivity contribution in [2.45, 2.75) is 12.5 Å². The van der Waals surface area contributed by atoms with Crippen LogP contribution in [0, 0.1) is 0 Å². The second kappa shape index (κ2) is 7.18. The first-order chi connectivity index (χ1) is 8.56. The van der Waals surface area contributed by atoms with Crippen molar-refractivity contribution in [1.29, 1.82) is 0 Å². The summed E-state index contributed by atoms with van der Waals surface area (Å²) in [5, 5.41) is 9.74. The Balaban J connectivity index is 2.71. The van der Waals surface area contributed by atoms with Crippen LogP contribution in [0.3, 0.4) is 0 Å². The van der Waals surface area contributed by atoms with Crippen LogP contribution in [-0.2, 0) is 9.53 Å². The van der Waals surface area contributed by atoms with Crippen LogP contribution in [0.4, 0.5) is 0 Å². The van der Waals surface area contributed by atoms with Gasteiger partial charge in [-0.05, 0) is 23.8 Å². The lowest BCUT2D eigenvalue weighted by Gasteiger charge is -2.08. The van der Waals surface area contributed by atoms with Crippen LogP contribution < -0.4 is 4.74 Å². The number of ether oxygens (including phenoxy) is 2. The molecule has 0 fully saturated rings. The molecule has 0 saturated heterocycles. The molecular formula is C13H15BrO4. The lowest BCUT2D eigenvalue weighted by Crippen LogP contribution is -2.14. The van der Waals surface area contributed by atoms with E-state index >= 15 is 0 Å². The number of rotatable bonds is 5. The van der Waals surface area contributed by atoms with Crippen molar-refractivity contribution < 1.29 is 19.4 Å². The molecule has 0 saturated carbocycles. The Morgan fingerprint density at radius 2 is 2.00 bits per heavy atom. The van der Waals surface area contributed by atoms with Gasteiger partial charge in [0, 0.05) is 4.48 Å². The molecule has 4 nitrogen and oxygen atoms in total. The molecule has 1 aromatic carbocycles. The summed E-state index contributed by atoms with van der Waals surface area (Å²) in [4.78, 5) is 11.0. The van der Waals surface area contributed by atoms with Gasteiger partial charge in [0.25, 0.3) is 0 Å². The number of methoxy groups -OCH3 is 2. The third-order valence-corrected chi connectivity index (χ3v) is 3.08. The molecule has 1 aromatic rings. The van der Waals surface area contributed by atoms with Gasteiger partial charge in [-0.1, -0.05) is 28.1 Å². The first kappa shape index (κ1) is 14.7. The molecule has 0 radical (unpaired) electrons. The van der Waals surface area contributed by atoms with Gasteiger partial charge in [-0.2, -0.15) is 0 Å². The van der Waals surface area contributed by atoms with Crippen molar-refractivity contribution in [3.8, 4) is 5.75 Å². The Hall–Kier alpha value is -1.33. The molecule has 0 spiro atoms. The van der Waals surface area contributed by atoms with E-state index in [1.807, 2.05) is 24.3 Å². The smallest absolute Gasteiger partial charge is 0.308 e. The number of carbonyl (C=O) groups excluding carboxylic acids is 1. The molecule has 5 heteroatoms. The number of carbonyl (C=O) groups is 1. The first-order valence-electron chi connectivity index (χ1n) is 5.33. The van der Waals surface area contributed by atoms with Crippen LogP contribution in [0.2, 0.25) is 0 Å². The minimum Gasteiger partial charge on any atom is -0.497 e. The minimum atomic E-state index is -0.903. The summed E-state index contributed by atoms with van der Waals surface area (Å²) in [7, 11) is 2.89. The van der Waals surface area contributed by atoms with Gasteiger partial charge in [-0.25, -0.2) is 0 Å². The number of benzene rings is 1. The monoisotopic (exact) mass is 314 g/mol. The van der Waals surface area contributed by atoms with E-state index < -0.39 is 12.1 Å². The number of esters is 1. The molecule has 1 unspecified atom stereocenters. The third-order valence-electron chi connectivity index (χ3n) is 2.33. The highest BCUT2D eigenvalue weighted by molar-refractivity contribution is 9.11. The van der Waals surface area contributed by atoms with E-state index in [-0.39, 0.29) is 6.42 Å². The van der Waals surface area contributed by atoms with Gasteiger partial charge in [0.2, 0.25) is 0 Å². The zero-order valence-electron chi connectivity index (χ0n) is 10.2. The Labute approximate surface area is 114 Å². The molecule has 0 heterocycles. The van der Waals surface area contributed by atoms with E-state index in [1.165, 1.54) is 7.11 Å². The first-order valence-corrected chi connectivity index (χ1v) is 6.12. The molecule has 1 atom stereocenters. The molecule has 1 N–H and O–H groups in total. The maximum atomic E-state index is 11.0. The molecule has 18 heavy (non-hydrogen) atoms. The summed E-state index contributed by atoms with van der Waals surface area (Å²) in [5.74, 6) is 0.306. The highest BCUT2D eigenvalue weighted by atomic mass is 79.9. The highest BCUT2D eigenvalue weighted by Gasteiger charge is 2.13. The minimum absolute atomic E-state index is 0.0796. The van der Waals surface area contributed by atoms with Crippen LogP contribution in [0.5, 0.6) is 5.75 Å². The van der Waals surface area contributed by atoms with Crippen LogP contribution in [-0.4, -0.2) is 31.4 Å². The van der Waals surface area contributed by atoms with E-state index in [0.29, 0.717) is 4.48 Å². The maximum Gasteiger partial charge on any atom is 0.308 e. The van der Waals surface area contributed by atoms with Gasteiger partial charge in [-0.3, -0.25) is 4.79 Å². The predicted molar refractivity (Wildman–Crippen MR) is 72.5 cm³/mol. The van der Waals surface area contributed by atoms with E-state index in [1.54, 1.807) is 13.2 Å². The summed E-state index contributed by atoms with van der Waals surface area (Å²) >= 11 is 3.25. The number of aliphatic hydroxyl groups is 1. The molecule has 0 aromatic heterocycles. The molecule has 0 aliphatic heterocycles. The fourth-order valence-electron chi connectivity index (χ4n) is 1.29. The second-order valence-corrected chi connectivity index (χ2v) is 4.51. The SMILES string of the molecule is COC(=O)CC(O)/C(Br)=C/c1ccc(OC)cc1. The van der Waals surface area contributed by atoms with Gasteiger partial charge >= 0.3 is 5.97 Å². The normalized spacial score (nSPS) is 13.0. The van der Waals surface area contributed by atoms with Crippen LogP contribution >= 0.6 is 15.9 Å². The van der Waals surface area contributed by atoms with Gasteiger partial charge in [-0.15, -0.1) is 0 Å². The van der Waals surface area contributed by atoms with Gasteiger partial charge < -0.3 is 14.6 Å². The Morgan fingerprint density at radius 1 is 1.39 bits per heavy atom. The molecule has 0 aliphatic carbocycles. The fraction of sp³-hybridized carbons (Fsp3) is 0.308. The Bertz CT molecular complexity index is 425. The third kappa shape index (κ3) is 4.50. The van der Waals surface area contributed by atoms with E-state index in [9.17, 15) is 9.90 Å². The van der Waals surface area contributed by atoms with Crippen LogP contribution in [0.1, 0.15) is 12.0 Å². The van der Waals surface area contributed by atoms with Crippen molar-refractivity contribution >= 4 is 28.0 Å². The number of aliphatic hydroxyl groups excluding tert-OH is 1.